The van der Waals surface area contributed by atoms with E-state index < -0.39 is 9.05 Å². The molecule has 0 spiro atoms. The summed E-state index contributed by atoms with van der Waals surface area (Å²) in [4.78, 5) is 15.3. The Balaban J connectivity index is 2.36. The summed E-state index contributed by atoms with van der Waals surface area (Å²) < 4.78 is 22.8. The fourth-order valence-electron chi connectivity index (χ4n) is 2.43. The molecule has 2 heterocycles. The molecule has 2 rings (SSSR count). The smallest absolute Gasteiger partial charge is 0.264 e. The van der Waals surface area contributed by atoms with E-state index in [0.29, 0.717) is 16.3 Å². The highest BCUT2D eigenvalue weighted by Gasteiger charge is 2.36. The van der Waals surface area contributed by atoms with Crippen molar-refractivity contribution in [2.24, 2.45) is 0 Å². The summed E-state index contributed by atoms with van der Waals surface area (Å²) in [5.41, 5.74) is -0.172. The normalized spacial score (nSPS) is 18.8. The number of aryl methyl sites for hydroxylation is 1. The second-order valence-corrected chi connectivity index (χ2v) is 9.13. The molecule has 7 heteroatoms. The van der Waals surface area contributed by atoms with Gasteiger partial charge in [0.15, 0.2) is 0 Å². The van der Waals surface area contributed by atoms with Crippen LogP contribution in [0, 0.1) is 6.92 Å². The van der Waals surface area contributed by atoms with E-state index in [-0.39, 0.29) is 16.3 Å². The third-order valence-corrected chi connectivity index (χ3v) is 6.11. The number of halogens is 1. The molecule has 1 fully saturated rings. The number of likely N-dealkylation sites (tertiary alicyclic amines) is 1. The first-order valence-electron chi connectivity index (χ1n) is 6.00. The SMILES string of the molecule is Cc1sc(C(=O)N2CCCC2(C)C)cc1S(=O)(=O)Cl. The van der Waals surface area contributed by atoms with Crippen molar-refractivity contribution in [1.82, 2.24) is 4.90 Å². The average Bonchev–Trinajstić information content (AvgIpc) is 2.79. The molecule has 1 aromatic rings. The van der Waals surface area contributed by atoms with Gasteiger partial charge in [-0.15, -0.1) is 11.3 Å². The summed E-state index contributed by atoms with van der Waals surface area (Å²) in [5, 5.41) is 0. The Kier molecular flexibility index (Phi) is 3.70. The largest absolute Gasteiger partial charge is 0.333 e. The summed E-state index contributed by atoms with van der Waals surface area (Å²) in [7, 11) is 1.56. The van der Waals surface area contributed by atoms with Gasteiger partial charge in [0.25, 0.3) is 15.0 Å². The van der Waals surface area contributed by atoms with Crippen molar-refractivity contribution in [3.8, 4) is 0 Å². The highest BCUT2D eigenvalue weighted by Crippen LogP contribution is 2.34. The molecular formula is C12H16ClNO3S2. The van der Waals surface area contributed by atoms with E-state index in [1.165, 1.54) is 17.4 Å². The van der Waals surface area contributed by atoms with Crippen LogP contribution in [0.15, 0.2) is 11.0 Å². The van der Waals surface area contributed by atoms with Gasteiger partial charge in [-0.1, -0.05) is 0 Å². The fraction of sp³-hybridized carbons (Fsp3) is 0.583. The molecule has 1 saturated heterocycles. The van der Waals surface area contributed by atoms with E-state index in [9.17, 15) is 13.2 Å². The van der Waals surface area contributed by atoms with Crippen LogP contribution in [0.5, 0.6) is 0 Å². The first-order valence-corrected chi connectivity index (χ1v) is 9.12. The molecule has 0 aliphatic carbocycles. The van der Waals surface area contributed by atoms with Crippen LogP contribution in [0.25, 0.3) is 0 Å². The topological polar surface area (TPSA) is 54.5 Å². The standard InChI is InChI=1S/C12H16ClNO3S2/c1-8-10(19(13,16)17)7-9(18-8)11(15)14-6-4-5-12(14,2)3/h7H,4-6H2,1-3H3. The molecule has 0 aromatic carbocycles. The molecule has 106 valence electrons. The molecule has 1 aliphatic rings. The van der Waals surface area contributed by atoms with Gasteiger partial charge in [0.05, 0.1) is 9.77 Å². The zero-order valence-corrected chi connectivity index (χ0v) is 13.5. The van der Waals surface area contributed by atoms with E-state index in [1.807, 2.05) is 18.7 Å². The van der Waals surface area contributed by atoms with Crippen molar-refractivity contribution in [2.45, 2.75) is 44.0 Å². The van der Waals surface area contributed by atoms with E-state index >= 15 is 0 Å². The zero-order valence-electron chi connectivity index (χ0n) is 11.1. The highest BCUT2D eigenvalue weighted by atomic mass is 35.7. The monoisotopic (exact) mass is 321 g/mol. The van der Waals surface area contributed by atoms with Crippen LogP contribution in [0.3, 0.4) is 0 Å². The molecular weight excluding hydrogens is 306 g/mol. The van der Waals surface area contributed by atoms with Crippen molar-refractivity contribution in [2.75, 3.05) is 6.54 Å². The molecule has 0 radical (unpaired) electrons. The second kappa shape index (κ2) is 4.75. The maximum Gasteiger partial charge on any atom is 0.264 e. The zero-order chi connectivity index (χ0) is 14.4. The molecule has 0 unspecified atom stereocenters. The predicted molar refractivity (Wildman–Crippen MR) is 76.4 cm³/mol. The minimum atomic E-state index is -3.79. The van der Waals surface area contributed by atoms with Gasteiger partial charge in [-0.25, -0.2) is 8.42 Å². The van der Waals surface area contributed by atoms with Crippen LogP contribution in [0.4, 0.5) is 0 Å². The Morgan fingerprint density at radius 2 is 2.11 bits per heavy atom. The van der Waals surface area contributed by atoms with Crippen LogP contribution < -0.4 is 0 Å². The molecule has 4 nitrogen and oxygen atoms in total. The van der Waals surface area contributed by atoms with E-state index in [1.54, 1.807) is 6.92 Å². The number of carbonyl (C=O) groups is 1. The van der Waals surface area contributed by atoms with Gasteiger partial charge in [0.1, 0.15) is 0 Å². The average molecular weight is 322 g/mol. The number of carbonyl (C=O) groups excluding carboxylic acids is 1. The number of nitrogens with zero attached hydrogens (tertiary/aromatic N) is 1. The Bertz CT molecular complexity index is 619. The van der Waals surface area contributed by atoms with Gasteiger partial charge in [0, 0.05) is 27.6 Å². The minimum Gasteiger partial charge on any atom is -0.333 e. The molecule has 1 aromatic heterocycles. The Morgan fingerprint density at radius 1 is 1.47 bits per heavy atom. The quantitative estimate of drug-likeness (QED) is 0.787. The van der Waals surface area contributed by atoms with Gasteiger partial charge < -0.3 is 4.90 Å². The van der Waals surface area contributed by atoms with Crippen molar-refractivity contribution < 1.29 is 13.2 Å². The predicted octanol–water partition coefficient (Wildman–Crippen LogP) is 3.00. The van der Waals surface area contributed by atoms with Gasteiger partial charge in [0.2, 0.25) is 0 Å². The Hall–Kier alpha value is -0.590. The molecule has 0 saturated carbocycles. The lowest BCUT2D eigenvalue weighted by molar-refractivity contribution is 0.0657. The van der Waals surface area contributed by atoms with E-state index in [2.05, 4.69) is 0 Å². The Labute approximate surface area is 121 Å². The van der Waals surface area contributed by atoms with Crippen molar-refractivity contribution in [1.29, 1.82) is 0 Å². The lowest BCUT2D eigenvalue weighted by Gasteiger charge is -2.31. The number of hydrogen-bond donors (Lipinski definition) is 0. The minimum absolute atomic E-state index is 0.0412. The summed E-state index contributed by atoms with van der Waals surface area (Å²) in [5.74, 6) is -0.109. The summed E-state index contributed by atoms with van der Waals surface area (Å²) in [6.45, 7) is 6.42. The lowest BCUT2D eigenvalue weighted by atomic mass is 10.0. The van der Waals surface area contributed by atoms with Crippen molar-refractivity contribution in [3.63, 3.8) is 0 Å². The molecule has 1 amide bonds. The summed E-state index contributed by atoms with van der Waals surface area (Å²) >= 11 is 1.18. The second-order valence-electron chi connectivity index (χ2n) is 5.34. The number of rotatable bonds is 2. The summed E-state index contributed by atoms with van der Waals surface area (Å²) in [6.07, 6.45) is 1.94. The maximum atomic E-state index is 12.5. The Morgan fingerprint density at radius 3 is 2.53 bits per heavy atom. The molecule has 0 bridgehead atoms. The number of thiophene rings is 1. The third-order valence-electron chi connectivity index (χ3n) is 3.49. The van der Waals surface area contributed by atoms with E-state index in [4.69, 9.17) is 10.7 Å². The van der Waals surface area contributed by atoms with Gasteiger partial charge >= 0.3 is 0 Å². The third kappa shape index (κ3) is 2.80. The maximum absolute atomic E-state index is 12.5. The lowest BCUT2D eigenvalue weighted by Crippen LogP contribution is -2.42. The first-order chi connectivity index (χ1) is 8.63. The highest BCUT2D eigenvalue weighted by molar-refractivity contribution is 8.13. The number of hydrogen-bond acceptors (Lipinski definition) is 4. The molecule has 0 N–H and O–H groups in total. The molecule has 1 aliphatic heterocycles. The van der Waals surface area contributed by atoms with Crippen molar-refractivity contribution in [3.05, 3.63) is 15.8 Å². The van der Waals surface area contributed by atoms with Crippen LogP contribution in [-0.2, 0) is 9.05 Å². The van der Waals surface area contributed by atoms with Crippen LogP contribution >= 0.6 is 22.0 Å². The van der Waals surface area contributed by atoms with Gasteiger partial charge in [-0.3, -0.25) is 4.79 Å². The number of amides is 1. The van der Waals surface area contributed by atoms with Crippen molar-refractivity contribution >= 4 is 37.0 Å². The van der Waals surface area contributed by atoms with Crippen LogP contribution in [0.2, 0.25) is 0 Å². The first kappa shape index (κ1) is 14.8. The molecule has 19 heavy (non-hydrogen) atoms. The van der Waals surface area contributed by atoms with Gasteiger partial charge in [-0.05, 0) is 39.7 Å². The van der Waals surface area contributed by atoms with Gasteiger partial charge in [-0.2, -0.15) is 0 Å². The fourth-order valence-corrected chi connectivity index (χ4v) is 5.04. The molecule has 0 atom stereocenters. The summed E-state index contributed by atoms with van der Waals surface area (Å²) in [6, 6.07) is 1.39. The van der Waals surface area contributed by atoms with Crippen LogP contribution in [-0.4, -0.2) is 31.3 Å². The van der Waals surface area contributed by atoms with E-state index in [0.717, 1.165) is 12.8 Å². The van der Waals surface area contributed by atoms with Crippen LogP contribution in [0.1, 0.15) is 41.2 Å².